The lowest BCUT2D eigenvalue weighted by Gasteiger charge is -2.25. The van der Waals surface area contributed by atoms with Crippen LogP contribution in [0.25, 0.3) is 0 Å². The second kappa shape index (κ2) is 9.68. The third-order valence-electron chi connectivity index (χ3n) is 5.15. The molecule has 0 bridgehead atoms. The fourth-order valence-electron chi connectivity index (χ4n) is 3.54. The molecule has 0 spiro atoms. The van der Waals surface area contributed by atoms with Crippen molar-refractivity contribution >= 4 is 5.96 Å². The Bertz CT molecular complexity index is 779. The lowest BCUT2D eigenvalue weighted by atomic mass is 9.99. The number of hydrogen-bond acceptors (Lipinski definition) is 6. The summed E-state index contributed by atoms with van der Waals surface area (Å²) in [5.41, 5.74) is 1.03. The molecule has 0 saturated carbocycles. The van der Waals surface area contributed by atoms with Crippen molar-refractivity contribution in [1.29, 1.82) is 0 Å². The summed E-state index contributed by atoms with van der Waals surface area (Å²) in [4.78, 5) is 8.84. The summed E-state index contributed by atoms with van der Waals surface area (Å²) in [6, 6.07) is 2.28. The molecule has 2 aromatic rings. The van der Waals surface area contributed by atoms with E-state index in [2.05, 4.69) is 44.7 Å². The smallest absolute Gasteiger partial charge is 0.191 e. The molecule has 0 amide bonds. The summed E-state index contributed by atoms with van der Waals surface area (Å²) < 4.78 is 12.6. The number of nitrogens with zero attached hydrogens (tertiary/aromatic N) is 5. The Morgan fingerprint density at radius 1 is 1.43 bits per heavy atom. The molecule has 0 fully saturated rings. The highest BCUT2D eigenvalue weighted by Crippen LogP contribution is 2.22. The molecule has 1 atom stereocenters. The second-order valence-corrected chi connectivity index (χ2v) is 7.10. The van der Waals surface area contributed by atoms with Crippen molar-refractivity contribution in [3.8, 4) is 0 Å². The largest absolute Gasteiger partial charge is 0.377 e. The molecule has 2 aromatic heterocycles. The highest BCUT2D eigenvalue weighted by Gasteiger charge is 2.22. The van der Waals surface area contributed by atoms with E-state index in [1.807, 2.05) is 10.7 Å². The fraction of sp³-hybridized carbons (Fsp3) is 0.684. The average molecular weight is 390 g/mol. The van der Waals surface area contributed by atoms with Gasteiger partial charge in [0.05, 0.1) is 18.8 Å². The normalized spacial score (nSPS) is 17.0. The summed E-state index contributed by atoms with van der Waals surface area (Å²) in [6.45, 7) is 6.10. The predicted molar refractivity (Wildman–Crippen MR) is 106 cm³/mol. The summed E-state index contributed by atoms with van der Waals surface area (Å²) in [5, 5.41) is 15.5. The molecular weight excluding hydrogens is 358 g/mol. The number of aliphatic imine (C=N–C) groups is 1. The highest BCUT2D eigenvalue weighted by atomic mass is 16.5. The van der Waals surface area contributed by atoms with Crippen LogP contribution in [0.3, 0.4) is 0 Å². The standard InChI is InChI=1S/C19H31N7O2/c1-5-13(6-2)16-9-15(28-25-16)10-21-19(20-3)22-14-7-8-18-23-17(12-27-4)24-26(18)11-14/h9,13-14H,5-8,10-12H2,1-4H3,(H2,20,21,22). The Kier molecular flexibility index (Phi) is 7.02. The van der Waals surface area contributed by atoms with Crippen LogP contribution in [0.1, 0.15) is 62.1 Å². The zero-order valence-corrected chi connectivity index (χ0v) is 17.2. The summed E-state index contributed by atoms with van der Waals surface area (Å²) >= 11 is 0. The number of guanidine groups is 1. The van der Waals surface area contributed by atoms with Crippen LogP contribution in [-0.2, 0) is 30.9 Å². The number of aromatic nitrogens is 4. The monoisotopic (exact) mass is 389 g/mol. The molecule has 3 rings (SSSR count). The van der Waals surface area contributed by atoms with E-state index < -0.39 is 0 Å². The first-order valence-corrected chi connectivity index (χ1v) is 10.0. The Morgan fingerprint density at radius 3 is 2.96 bits per heavy atom. The van der Waals surface area contributed by atoms with Crippen LogP contribution in [0.5, 0.6) is 0 Å². The number of aryl methyl sites for hydroxylation is 1. The van der Waals surface area contributed by atoms with Crippen molar-refractivity contribution < 1.29 is 9.26 Å². The van der Waals surface area contributed by atoms with Gasteiger partial charge in [-0.25, -0.2) is 9.67 Å². The van der Waals surface area contributed by atoms with E-state index in [0.29, 0.717) is 19.1 Å². The van der Waals surface area contributed by atoms with Crippen LogP contribution in [0.2, 0.25) is 0 Å². The quantitative estimate of drug-likeness (QED) is 0.526. The number of hydrogen-bond donors (Lipinski definition) is 2. The molecule has 3 heterocycles. The summed E-state index contributed by atoms with van der Waals surface area (Å²) in [7, 11) is 3.42. The first-order valence-electron chi connectivity index (χ1n) is 10.0. The van der Waals surface area contributed by atoms with Gasteiger partial charge in [0.25, 0.3) is 0 Å². The number of methoxy groups -OCH3 is 1. The predicted octanol–water partition coefficient (Wildman–Crippen LogP) is 2.00. The van der Waals surface area contributed by atoms with Crippen molar-refractivity contribution in [2.24, 2.45) is 4.99 Å². The second-order valence-electron chi connectivity index (χ2n) is 7.10. The van der Waals surface area contributed by atoms with Gasteiger partial charge in [0.15, 0.2) is 17.5 Å². The Morgan fingerprint density at radius 2 is 2.25 bits per heavy atom. The summed E-state index contributed by atoms with van der Waals surface area (Å²) in [6.07, 6.45) is 3.99. The van der Waals surface area contributed by atoms with E-state index >= 15 is 0 Å². The van der Waals surface area contributed by atoms with Crippen LogP contribution >= 0.6 is 0 Å². The SMILES string of the molecule is CCC(CC)c1cc(CNC(=NC)NC2CCc3nc(COC)nn3C2)on1. The van der Waals surface area contributed by atoms with Crippen LogP contribution < -0.4 is 10.6 Å². The maximum Gasteiger partial charge on any atom is 0.191 e. The van der Waals surface area contributed by atoms with Gasteiger partial charge in [-0.3, -0.25) is 4.99 Å². The van der Waals surface area contributed by atoms with E-state index in [4.69, 9.17) is 9.26 Å². The van der Waals surface area contributed by atoms with Gasteiger partial charge in [0, 0.05) is 38.6 Å². The topological polar surface area (TPSA) is 102 Å². The number of nitrogens with one attached hydrogen (secondary N) is 2. The zero-order chi connectivity index (χ0) is 19.9. The van der Waals surface area contributed by atoms with Crippen molar-refractivity contribution in [2.75, 3.05) is 14.2 Å². The highest BCUT2D eigenvalue weighted by molar-refractivity contribution is 5.79. The zero-order valence-electron chi connectivity index (χ0n) is 17.2. The third kappa shape index (κ3) is 4.89. The molecule has 0 saturated heterocycles. The first kappa shape index (κ1) is 20.3. The maximum atomic E-state index is 5.48. The van der Waals surface area contributed by atoms with Crippen LogP contribution in [-0.4, -0.2) is 46.1 Å². The van der Waals surface area contributed by atoms with E-state index in [9.17, 15) is 0 Å². The lowest BCUT2D eigenvalue weighted by molar-refractivity contribution is 0.177. The van der Waals surface area contributed by atoms with Gasteiger partial charge in [-0.15, -0.1) is 0 Å². The van der Waals surface area contributed by atoms with Gasteiger partial charge in [-0.2, -0.15) is 5.10 Å². The van der Waals surface area contributed by atoms with Gasteiger partial charge in [-0.1, -0.05) is 19.0 Å². The fourth-order valence-corrected chi connectivity index (χ4v) is 3.54. The van der Waals surface area contributed by atoms with E-state index in [0.717, 1.165) is 61.3 Å². The molecule has 1 aliphatic rings. The minimum atomic E-state index is 0.241. The van der Waals surface area contributed by atoms with Crippen LogP contribution in [0.4, 0.5) is 0 Å². The van der Waals surface area contributed by atoms with Gasteiger partial charge in [0.2, 0.25) is 0 Å². The molecule has 2 N–H and O–H groups in total. The Balaban J connectivity index is 1.52. The van der Waals surface area contributed by atoms with Crippen LogP contribution in [0.15, 0.2) is 15.6 Å². The molecule has 1 aliphatic heterocycles. The molecule has 9 nitrogen and oxygen atoms in total. The molecule has 9 heteroatoms. The lowest BCUT2D eigenvalue weighted by Crippen LogP contribution is -2.46. The number of ether oxygens (including phenoxy) is 1. The van der Waals surface area contributed by atoms with E-state index in [-0.39, 0.29) is 6.04 Å². The Hall–Kier alpha value is -2.42. The van der Waals surface area contributed by atoms with Crippen molar-refractivity contribution in [2.45, 2.75) is 71.2 Å². The first-order chi connectivity index (χ1) is 13.7. The van der Waals surface area contributed by atoms with Gasteiger partial charge in [-0.05, 0) is 19.3 Å². The average Bonchev–Trinajstić information content (AvgIpc) is 3.32. The van der Waals surface area contributed by atoms with Gasteiger partial charge < -0.3 is 19.9 Å². The van der Waals surface area contributed by atoms with Crippen molar-refractivity contribution in [1.82, 2.24) is 30.6 Å². The maximum absolute atomic E-state index is 5.48. The molecule has 154 valence electrons. The molecule has 28 heavy (non-hydrogen) atoms. The minimum Gasteiger partial charge on any atom is -0.377 e. The van der Waals surface area contributed by atoms with Crippen LogP contribution in [0, 0.1) is 0 Å². The van der Waals surface area contributed by atoms with E-state index in [1.165, 1.54) is 0 Å². The molecule has 0 aliphatic carbocycles. The number of fused-ring (bicyclic) bond motifs is 1. The van der Waals surface area contributed by atoms with Crippen molar-refractivity contribution in [3.05, 3.63) is 29.2 Å². The van der Waals surface area contributed by atoms with E-state index in [1.54, 1.807) is 14.2 Å². The molecule has 1 unspecified atom stereocenters. The van der Waals surface area contributed by atoms with Crippen molar-refractivity contribution in [3.63, 3.8) is 0 Å². The Labute approximate surface area is 165 Å². The molecule has 0 radical (unpaired) electrons. The van der Waals surface area contributed by atoms with Gasteiger partial charge in [0.1, 0.15) is 12.4 Å². The third-order valence-corrected chi connectivity index (χ3v) is 5.15. The van der Waals surface area contributed by atoms with Gasteiger partial charge >= 0.3 is 0 Å². The minimum absolute atomic E-state index is 0.241. The molecular formula is C19H31N7O2. The summed E-state index contributed by atoms with van der Waals surface area (Å²) in [5.74, 6) is 3.77. The number of rotatable bonds is 8. The molecule has 0 aromatic carbocycles.